The van der Waals surface area contributed by atoms with Gasteiger partial charge in [0.15, 0.2) is 11.8 Å². The molecular weight excluding hydrogens is 282 g/mol. The Balaban J connectivity index is 2.55. The van der Waals surface area contributed by atoms with Gasteiger partial charge in [-0.05, 0) is 6.92 Å². The summed E-state index contributed by atoms with van der Waals surface area (Å²) in [5.74, 6) is 1.09. The van der Waals surface area contributed by atoms with Crippen molar-refractivity contribution < 1.29 is 20.1 Å². The van der Waals surface area contributed by atoms with Gasteiger partial charge in [-0.15, -0.1) is 6.42 Å². The fraction of sp³-hybridized carbons (Fsp3) is 0.583. The van der Waals surface area contributed by atoms with E-state index in [0.29, 0.717) is 0 Å². The number of hydrogen-bond acceptors (Lipinski definition) is 7. The number of H-pyrrole nitrogens is 1. The third-order valence-corrected chi connectivity index (χ3v) is 3.53. The Labute approximate surface area is 118 Å². The van der Waals surface area contributed by atoms with Crippen LogP contribution in [0.1, 0.15) is 13.2 Å². The molecule has 4 N–H and O–H groups in total. The maximum absolute atomic E-state index is 11.8. The molecule has 0 radical (unpaired) electrons. The predicted molar refractivity (Wildman–Crippen MR) is 69.1 cm³/mol. The van der Waals surface area contributed by atoms with Gasteiger partial charge in [-0.3, -0.25) is 9.55 Å². The van der Waals surface area contributed by atoms with Crippen LogP contribution in [-0.2, 0) is 4.74 Å². The van der Waals surface area contributed by atoms with Gasteiger partial charge in [0.05, 0.1) is 24.7 Å². The Bertz CT molecular complexity index is 675. The molecule has 1 saturated heterocycles. The molecular formula is C12H15N3O6. The maximum Gasteiger partial charge on any atom is 0.350 e. The van der Waals surface area contributed by atoms with Gasteiger partial charge < -0.3 is 20.1 Å². The molecule has 114 valence electrons. The second kappa shape index (κ2) is 5.42. The highest BCUT2D eigenvalue weighted by molar-refractivity contribution is 5.18. The largest absolute Gasteiger partial charge is 0.396 e. The fourth-order valence-electron chi connectivity index (χ4n) is 2.45. The summed E-state index contributed by atoms with van der Waals surface area (Å²) in [6.07, 6.45) is 2.78. The zero-order chi connectivity index (χ0) is 15.8. The van der Waals surface area contributed by atoms with Crippen molar-refractivity contribution in [3.63, 3.8) is 0 Å². The van der Waals surface area contributed by atoms with Crippen molar-refractivity contribution in [3.05, 3.63) is 27.3 Å². The van der Waals surface area contributed by atoms with Gasteiger partial charge in [0.2, 0.25) is 0 Å². The first-order valence-electron chi connectivity index (χ1n) is 6.17. The number of nitrogens with zero attached hydrogens (tertiary/aromatic N) is 2. The first kappa shape index (κ1) is 15.4. The van der Waals surface area contributed by atoms with E-state index < -0.39 is 47.9 Å². The molecule has 1 fully saturated rings. The molecule has 0 saturated carbocycles. The van der Waals surface area contributed by atoms with E-state index in [1.54, 1.807) is 0 Å². The van der Waals surface area contributed by atoms with Crippen LogP contribution in [0.2, 0.25) is 0 Å². The quantitative estimate of drug-likeness (QED) is 0.442. The maximum atomic E-state index is 11.8. The molecule has 1 aromatic rings. The van der Waals surface area contributed by atoms with Crippen LogP contribution in [0.4, 0.5) is 0 Å². The molecule has 1 aliphatic rings. The summed E-state index contributed by atoms with van der Waals surface area (Å²) in [7, 11) is 0. The number of aromatic amines is 1. The second-order valence-corrected chi connectivity index (χ2v) is 4.84. The summed E-state index contributed by atoms with van der Waals surface area (Å²) in [6, 6.07) is 0. The Kier molecular flexibility index (Phi) is 3.97. The molecule has 2 unspecified atom stereocenters. The summed E-state index contributed by atoms with van der Waals surface area (Å²) in [4.78, 5) is 28.0. The van der Waals surface area contributed by atoms with Crippen LogP contribution in [0.25, 0.3) is 0 Å². The molecule has 2 rings (SSSR count). The van der Waals surface area contributed by atoms with E-state index in [0.717, 1.165) is 10.9 Å². The molecule has 1 aromatic heterocycles. The summed E-state index contributed by atoms with van der Waals surface area (Å²) >= 11 is 0. The third kappa shape index (κ3) is 2.38. The number of terminal acetylenes is 1. The van der Waals surface area contributed by atoms with Crippen molar-refractivity contribution in [2.75, 3.05) is 6.61 Å². The number of rotatable bonds is 3. The first-order valence-corrected chi connectivity index (χ1v) is 6.17. The SMILES string of the molecule is C#CC1(O)C(CO)[C@@H]([C@H](C)O)O[C@H]1n1cnc(=O)[nH]c1=O. The van der Waals surface area contributed by atoms with E-state index in [1.165, 1.54) is 6.92 Å². The van der Waals surface area contributed by atoms with E-state index in [9.17, 15) is 24.9 Å². The summed E-state index contributed by atoms with van der Waals surface area (Å²) in [5, 5.41) is 29.7. The van der Waals surface area contributed by atoms with E-state index >= 15 is 0 Å². The Morgan fingerprint density at radius 2 is 2.33 bits per heavy atom. The van der Waals surface area contributed by atoms with Gasteiger partial charge in [-0.25, -0.2) is 9.59 Å². The van der Waals surface area contributed by atoms with Gasteiger partial charge in [-0.2, -0.15) is 4.98 Å². The highest BCUT2D eigenvalue weighted by Gasteiger charge is 2.57. The molecule has 2 heterocycles. The summed E-state index contributed by atoms with van der Waals surface area (Å²) in [6.45, 7) is 0.846. The normalized spacial score (nSPS) is 33.6. The van der Waals surface area contributed by atoms with Gasteiger partial charge in [0.1, 0.15) is 6.33 Å². The van der Waals surface area contributed by atoms with E-state index in [4.69, 9.17) is 11.2 Å². The van der Waals surface area contributed by atoms with E-state index in [1.807, 2.05) is 4.98 Å². The lowest BCUT2D eigenvalue weighted by Crippen LogP contribution is -2.47. The topological polar surface area (TPSA) is 138 Å². The Morgan fingerprint density at radius 3 is 2.81 bits per heavy atom. The predicted octanol–water partition coefficient (Wildman–Crippen LogP) is -2.82. The van der Waals surface area contributed by atoms with Crippen LogP contribution in [-0.4, -0.2) is 54.3 Å². The molecule has 0 bridgehead atoms. The van der Waals surface area contributed by atoms with Gasteiger partial charge in [-0.1, -0.05) is 5.92 Å². The fourth-order valence-corrected chi connectivity index (χ4v) is 2.45. The lowest BCUT2D eigenvalue weighted by atomic mass is 9.84. The number of aliphatic hydroxyl groups is 3. The Hall–Kier alpha value is -1.99. The molecule has 0 aliphatic carbocycles. The first-order chi connectivity index (χ1) is 9.85. The monoisotopic (exact) mass is 297 g/mol. The Morgan fingerprint density at radius 1 is 1.67 bits per heavy atom. The molecule has 21 heavy (non-hydrogen) atoms. The molecule has 0 aromatic carbocycles. The summed E-state index contributed by atoms with van der Waals surface area (Å²) in [5.41, 5.74) is -3.78. The number of aliphatic hydroxyl groups excluding tert-OH is 2. The van der Waals surface area contributed by atoms with Crippen LogP contribution >= 0.6 is 0 Å². The standard InChI is InChI=1S/C12H15N3O6/c1-3-12(20)7(4-16)8(6(2)17)21-9(12)15-5-13-10(18)14-11(15)19/h1,5-9,16-17,20H,4H2,2H3,(H,14,18,19)/t6-,7?,8+,9+,12?/m0/s1. The average molecular weight is 297 g/mol. The highest BCUT2D eigenvalue weighted by Crippen LogP contribution is 2.42. The van der Waals surface area contributed by atoms with Crippen molar-refractivity contribution in [1.29, 1.82) is 0 Å². The van der Waals surface area contributed by atoms with Crippen LogP contribution in [0, 0.1) is 18.3 Å². The molecule has 0 amide bonds. The zero-order valence-electron chi connectivity index (χ0n) is 11.1. The van der Waals surface area contributed by atoms with E-state index in [2.05, 4.69) is 10.9 Å². The molecule has 5 atom stereocenters. The number of ether oxygens (including phenoxy) is 1. The van der Waals surface area contributed by atoms with Gasteiger partial charge in [0, 0.05) is 0 Å². The molecule has 0 spiro atoms. The highest BCUT2D eigenvalue weighted by atomic mass is 16.6. The lowest BCUT2D eigenvalue weighted by Gasteiger charge is -2.28. The van der Waals surface area contributed by atoms with Crippen molar-refractivity contribution in [1.82, 2.24) is 14.5 Å². The van der Waals surface area contributed by atoms with Gasteiger partial charge >= 0.3 is 11.4 Å². The average Bonchev–Trinajstić information content (AvgIpc) is 2.72. The number of hydrogen-bond donors (Lipinski definition) is 4. The van der Waals surface area contributed by atoms with Crippen molar-refractivity contribution in [3.8, 4) is 12.3 Å². The van der Waals surface area contributed by atoms with E-state index in [-0.39, 0.29) is 0 Å². The van der Waals surface area contributed by atoms with Crippen LogP contribution in [0.5, 0.6) is 0 Å². The van der Waals surface area contributed by atoms with Gasteiger partial charge in [0.25, 0.3) is 0 Å². The van der Waals surface area contributed by atoms with Crippen molar-refractivity contribution in [2.24, 2.45) is 5.92 Å². The molecule has 9 nitrogen and oxygen atoms in total. The molecule has 1 aliphatic heterocycles. The summed E-state index contributed by atoms with van der Waals surface area (Å²) < 4.78 is 6.25. The van der Waals surface area contributed by atoms with Crippen LogP contribution < -0.4 is 11.4 Å². The minimum atomic E-state index is -2.04. The van der Waals surface area contributed by atoms with Crippen LogP contribution in [0.3, 0.4) is 0 Å². The van der Waals surface area contributed by atoms with Crippen molar-refractivity contribution >= 4 is 0 Å². The smallest absolute Gasteiger partial charge is 0.350 e. The second-order valence-electron chi connectivity index (χ2n) is 4.84. The third-order valence-electron chi connectivity index (χ3n) is 3.53. The minimum Gasteiger partial charge on any atom is -0.396 e. The minimum absolute atomic E-state index is 0.557. The number of nitrogens with one attached hydrogen (secondary N) is 1. The lowest BCUT2D eigenvalue weighted by molar-refractivity contribution is -0.0888. The number of aromatic nitrogens is 3. The molecule has 9 heteroatoms. The van der Waals surface area contributed by atoms with Crippen molar-refractivity contribution in [2.45, 2.75) is 31.0 Å². The zero-order valence-corrected chi connectivity index (χ0v) is 11.1. The van der Waals surface area contributed by atoms with Crippen LogP contribution in [0.15, 0.2) is 15.9 Å².